The third kappa shape index (κ3) is 17.2. The average Bonchev–Trinajstić information content (AvgIpc) is 3.43. The lowest BCUT2D eigenvalue weighted by atomic mass is 9.78. The fourth-order valence-electron chi connectivity index (χ4n) is 11.5. The summed E-state index contributed by atoms with van der Waals surface area (Å²) < 4.78 is 46.9. The summed E-state index contributed by atoms with van der Waals surface area (Å²) in [6.07, 6.45) is 11.1. The van der Waals surface area contributed by atoms with Crippen molar-refractivity contribution in [2.24, 2.45) is 35.5 Å². The Labute approximate surface area is 451 Å². The molecule has 0 unspecified atom stereocenters. The molecular formula is C58H90N2O16. The van der Waals surface area contributed by atoms with Crippen molar-refractivity contribution < 1.29 is 76.9 Å². The highest BCUT2D eigenvalue weighted by molar-refractivity contribution is 6.39. The van der Waals surface area contributed by atoms with Crippen LogP contribution in [0.5, 0.6) is 0 Å². The van der Waals surface area contributed by atoms with Crippen LogP contribution >= 0.6 is 0 Å². The summed E-state index contributed by atoms with van der Waals surface area (Å²) >= 11 is 0. The van der Waals surface area contributed by atoms with Crippen LogP contribution in [0.4, 0.5) is 4.79 Å². The predicted octanol–water partition coefficient (Wildman–Crippen LogP) is 6.67. The number of nitrogens with zero attached hydrogens (tertiary/aromatic N) is 2. The summed E-state index contributed by atoms with van der Waals surface area (Å²) in [6, 6.07) is -1.17. The van der Waals surface area contributed by atoms with Gasteiger partial charge in [0.25, 0.3) is 11.7 Å². The van der Waals surface area contributed by atoms with Crippen molar-refractivity contribution >= 4 is 35.3 Å². The van der Waals surface area contributed by atoms with E-state index in [1.807, 2.05) is 58.1 Å². The minimum Gasteiger partial charge on any atom is -0.460 e. The molecule has 4 aliphatic heterocycles. The van der Waals surface area contributed by atoms with Crippen molar-refractivity contribution in [3.8, 4) is 0 Å². The van der Waals surface area contributed by atoms with E-state index in [0.29, 0.717) is 89.7 Å². The number of Topliss-reactive ketones (excluding diaryl/α,β-unsaturated/α-hetero) is 3. The van der Waals surface area contributed by atoms with Gasteiger partial charge in [-0.15, -0.1) is 0 Å². The van der Waals surface area contributed by atoms with Crippen LogP contribution in [0.2, 0.25) is 0 Å². The van der Waals surface area contributed by atoms with Crippen LogP contribution in [0.25, 0.3) is 0 Å². The normalized spacial score (nSPS) is 37.4. The first kappa shape index (κ1) is 62.7. The second kappa shape index (κ2) is 30.3. The van der Waals surface area contributed by atoms with Crippen molar-refractivity contribution in [2.75, 3.05) is 67.4 Å². The molecule has 5 rings (SSSR count). The van der Waals surface area contributed by atoms with Gasteiger partial charge in [0, 0.05) is 71.6 Å². The molecule has 2 bridgehead atoms. The summed E-state index contributed by atoms with van der Waals surface area (Å²) in [5.41, 5.74) is 1.25. The number of carbonyl (C=O) groups excluding carboxylic acids is 6. The number of ether oxygens (including phenoxy) is 8. The Kier molecular flexibility index (Phi) is 25.0. The van der Waals surface area contributed by atoms with E-state index in [1.54, 1.807) is 46.0 Å². The van der Waals surface area contributed by atoms with Gasteiger partial charge in [0.1, 0.15) is 36.7 Å². The molecule has 1 aliphatic carbocycles. The number of morpholine rings is 1. The average molecular weight is 1070 g/mol. The van der Waals surface area contributed by atoms with Gasteiger partial charge in [-0.25, -0.2) is 9.59 Å². The van der Waals surface area contributed by atoms with Crippen LogP contribution in [0.3, 0.4) is 0 Å². The number of aliphatic hydroxyl groups excluding tert-OH is 1. The quantitative estimate of drug-likeness (QED) is 0.101. The lowest BCUT2D eigenvalue weighted by Crippen LogP contribution is -2.61. The minimum absolute atomic E-state index is 0.00534. The lowest BCUT2D eigenvalue weighted by Gasteiger charge is -2.42. The minimum atomic E-state index is -2.45. The van der Waals surface area contributed by atoms with Gasteiger partial charge in [0.15, 0.2) is 5.78 Å². The van der Waals surface area contributed by atoms with Gasteiger partial charge in [0.2, 0.25) is 5.79 Å². The second-order valence-corrected chi connectivity index (χ2v) is 22.1. The Balaban J connectivity index is 1.39. The Hall–Kier alpha value is -4.14. The Morgan fingerprint density at radius 3 is 2.26 bits per heavy atom. The molecule has 15 atom stereocenters. The first-order valence-electron chi connectivity index (χ1n) is 27.8. The molecule has 3 saturated heterocycles. The monoisotopic (exact) mass is 1070 g/mol. The fraction of sp³-hybridized carbons (Fsp3) is 0.759. The van der Waals surface area contributed by atoms with E-state index in [4.69, 9.17) is 37.9 Å². The number of rotatable bonds is 10. The fourth-order valence-corrected chi connectivity index (χ4v) is 11.5. The zero-order chi connectivity index (χ0) is 55.7. The first-order valence-corrected chi connectivity index (χ1v) is 27.8. The molecule has 1 saturated carbocycles. The van der Waals surface area contributed by atoms with Crippen molar-refractivity contribution in [3.05, 3.63) is 47.6 Å². The summed E-state index contributed by atoms with van der Waals surface area (Å²) in [5.74, 6) is -8.17. The zero-order valence-electron chi connectivity index (χ0n) is 47.0. The van der Waals surface area contributed by atoms with Gasteiger partial charge < -0.3 is 57.9 Å². The van der Waals surface area contributed by atoms with E-state index < -0.39 is 83.9 Å². The molecule has 5 aliphatic rings. The second-order valence-electron chi connectivity index (χ2n) is 22.1. The van der Waals surface area contributed by atoms with Gasteiger partial charge in [0.05, 0.1) is 44.2 Å². The number of carbonyl (C=O) groups is 6. The number of amides is 2. The van der Waals surface area contributed by atoms with Gasteiger partial charge >= 0.3 is 12.1 Å². The highest BCUT2D eigenvalue weighted by Crippen LogP contribution is 2.38. The number of esters is 1. The molecule has 2 amide bonds. The maximum atomic E-state index is 14.6. The molecule has 4 heterocycles. The van der Waals surface area contributed by atoms with E-state index in [2.05, 4.69) is 0 Å². The molecule has 0 spiro atoms. The molecule has 0 aromatic heterocycles. The smallest absolute Gasteiger partial charge is 0.409 e. The molecule has 76 heavy (non-hydrogen) atoms. The van der Waals surface area contributed by atoms with Crippen LogP contribution in [-0.4, -0.2) is 177 Å². The Morgan fingerprint density at radius 1 is 0.829 bits per heavy atom. The van der Waals surface area contributed by atoms with Crippen LogP contribution in [0.1, 0.15) is 126 Å². The summed E-state index contributed by atoms with van der Waals surface area (Å²) in [5, 5.41) is 23.6. The van der Waals surface area contributed by atoms with E-state index >= 15 is 0 Å². The molecule has 0 radical (unpaired) electrons. The van der Waals surface area contributed by atoms with E-state index in [0.717, 1.165) is 12.0 Å². The van der Waals surface area contributed by atoms with Gasteiger partial charge in [-0.05, 0) is 107 Å². The van der Waals surface area contributed by atoms with Crippen LogP contribution in [-0.2, 0) is 61.9 Å². The molecule has 428 valence electrons. The molecule has 18 nitrogen and oxygen atoms in total. The van der Waals surface area contributed by atoms with Gasteiger partial charge in [-0.1, -0.05) is 71.1 Å². The third-order valence-electron chi connectivity index (χ3n) is 16.4. The number of hydrogen-bond acceptors (Lipinski definition) is 16. The zero-order valence-corrected chi connectivity index (χ0v) is 47.0. The number of aliphatic hydroxyl groups is 2. The SMILES string of the molecule is CO[C@H]1C[C@@H]2CC[C@@H](C)[C@@](O)(O2)C(=O)C(=O)N2CCCC[C@H]2C(=O)O[C@H]([C@H](C)C[C@H]2CC[C@@H](OCCOC(=O)N3CCOCC3)[C@H](OC)C2)CC(=O)[C@H](C)/C=C(\C)[C@@H](O)[C@@H](OC)C(=O)[C@H](C)C[C@H](C)/C=C/C=C/C=C/1C. The van der Waals surface area contributed by atoms with Crippen LogP contribution in [0.15, 0.2) is 47.6 Å². The summed E-state index contributed by atoms with van der Waals surface area (Å²) in [7, 11) is 4.58. The van der Waals surface area contributed by atoms with E-state index in [9.17, 15) is 39.0 Å². The molecule has 4 fully saturated rings. The van der Waals surface area contributed by atoms with Crippen molar-refractivity contribution in [3.63, 3.8) is 0 Å². The third-order valence-corrected chi connectivity index (χ3v) is 16.4. The number of allylic oxidation sites excluding steroid dienone is 6. The molecule has 0 aromatic carbocycles. The van der Waals surface area contributed by atoms with Gasteiger partial charge in [-0.2, -0.15) is 0 Å². The number of hydrogen-bond donors (Lipinski definition) is 2. The van der Waals surface area contributed by atoms with Crippen LogP contribution < -0.4 is 0 Å². The summed E-state index contributed by atoms with van der Waals surface area (Å²) in [6.45, 7) is 14.9. The molecule has 2 N–H and O–H groups in total. The highest BCUT2D eigenvalue weighted by Gasteiger charge is 2.53. The predicted molar refractivity (Wildman–Crippen MR) is 283 cm³/mol. The highest BCUT2D eigenvalue weighted by atomic mass is 16.6. The lowest BCUT2D eigenvalue weighted by molar-refractivity contribution is -0.265. The Morgan fingerprint density at radius 2 is 1.57 bits per heavy atom. The van der Waals surface area contributed by atoms with E-state index in [1.165, 1.54) is 12.0 Å². The largest absolute Gasteiger partial charge is 0.460 e. The standard InChI is InChI=1S/C58H90N2O16/c1-36-16-12-11-13-17-37(2)48(69-8)34-44-21-19-42(7)58(68,76-44)54(64)55(65)60-23-15-14-18-45(60)56(66)75-49(35-46(61)38(3)31-41(6)52(63)53(71-10)51(62)40(5)30-36)39(4)32-43-20-22-47(50(33-43)70-9)73-28-29-74-57(67)59-24-26-72-27-25-59/h11-13,16-17,31,36,38-40,42-45,47-50,52-53,63,68H,14-15,18-30,32-35H2,1-10H3/b13-11+,16-12+,37-17+,41-31+/t36-,38-,39-,40-,42-,43-,44+,45+,47-,48+,49+,50-,52-,53+,58-/m1/s1. The molecular weight excluding hydrogens is 981 g/mol. The number of ketones is 3. The maximum Gasteiger partial charge on any atom is 0.409 e. The van der Waals surface area contributed by atoms with Crippen molar-refractivity contribution in [2.45, 2.75) is 180 Å². The number of piperidine rings is 1. The number of cyclic esters (lactones) is 1. The number of methoxy groups -OCH3 is 3. The maximum absolute atomic E-state index is 14.6. The molecule has 0 aromatic rings. The van der Waals surface area contributed by atoms with E-state index in [-0.39, 0.29) is 74.1 Å². The van der Waals surface area contributed by atoms with Crippen molar-refractivity contribution in [1.29, 1.82) is 0 Å². The van der Waals surface area contributed by atoms with Gasteiger partial charge in [-0.3, -0.25) is 19.2 Å². The first-order chi connectivity index (χ1) is 36.2. The van der Waals surface area contributed by atoms with Crippen LogP contribution in [0, 0.1) is 35.5 Å². The Bertz CT molecular complexity index is 2070. The summed E-state index contributed by atoms with van der Waals surface area (Å²) in [4.78, 5) is 86.8. The molecule has 18 heteroatoms. The topological polar surface area (TPSA) is 223 Å². The number of fused-ring (bicyclic) bond motifs is 3. The van der Waals surface area contributed by atoms with Crippen molar-refractivity contribution in [1.82, 2.24) is 9.80 Å².